The molecular formula is C24H36ClN3O12S5. The monoisotopic (exact) mass is 753 g/mol. The second-order valence-corrected chi connectivity index (χ2v) is 17.8. The molecule has 2 aromatic rings. The van der Waals surface area contributed by atoms with E-state index in [4.69, 9.17) is 29.8 Å². The van der Waals surface area contributed by atoms with Crippen LogP contribution in [0.5, 0.6) is 0 Å². The lowest BCUT2D eigenvalue weighted by Gasteiger charge is -2.35. The van der Waals surface area contributed by atoms with Gasteiger partial charge in [0.1, 0.15) is 0 Å². The van der Waals surface area contributed by atoms with Crippen molar-refractivity contribution >= 4 is 75.2 Å². The third kappa shape index (κ3) is 16.7. The highest BCUT2D eigenvalue weighted by Gasteiger charge is 2.23. The van der Waals surface area contributed by atoms with E-state index in [-0.39, 0.29) is 0 Å². The summed E-state index contributed by atoms with van der Waals surface area (Å²) in [6.07, 6.45) is 1.16. The molecule has 0 bridgehead atoms. The molecule has 0 atom stereocenters. The average Bonchev–Trinajstić information content (AvgIpc) is 2.91. The second kappa shape index (κ2) is 17.0. The van der Waals surface area contributed by atoms with E-state index in [9.17, 15) is 33.7 Å². The fraction of sp³-hybridized carbons (Fsp3) is 0.500. The molecule has 2 aromatic carbocycles. The number of nitrogens with zero attached hydrogens (tertiary/aromatic N) is 3. The molecular weight excluding hydrogens is 718 g/mol. The van der Waals surface area contributed by atoms with Crippen LogP contribution in [0.3, 0.4) is 0 Å². The van der Waals surface area contributed by atoms with Crippen LogP contribution in [0.25, 0.3) is 0 Å². The SMILES string of the molecule is CN1CCN(CCCN2c3ccccc3Sc3ccc(Cl)cc32)CC1.O=S(=O)(O)CCS(=O)(=O)O.O=S(=O)(O)CCS(=O)(=O)O. The van der Waals surface area contributed by atoms with Crippen LogP contribution < -0.4 is 4.90 Å². The Morgan fingerprint density at radius 2 is 1.13 bits per heavy atom. The molecule has 15 nitrogen and oxygen atoms in total. The minimum Gasteiger partial charge on any atom is -0.340 e. The van der Waals surface area contributed by atoms with Gasteiger partial charge in [0.25, 0.3) is 40.5 Å². The molecule has 0 radical (unpaired) electrons. The molecule has 0 aromatic heterocycles. The van der Waals surface area contributed by atoms with E-state index in [1.165, 1.54) is 47.3 Å². The maximum Gasteiger partial charge on any atom is 0.265 e. The standard InChI is InChI=1S/C20H24ClN3S.2C2H6O6S2/c1-22-11-13-23(14-12-22)9-4-10-24-17-5-2-3-6-19(17)25-20-8-7-16(21)15-18(20)24;2*3-9(4,5)1-2-10(6,7)8/h2-3,5-8,15H,4,9-14H2,1H3;2*1-2H2,(H,3,4,5)(H,6,7,8). The fourth-order valence-corrected chi connectivity index (χ4v) is 8.60. The number of hydrogen-bond acceptors (Lipinski definition) is 12. The molecule has 1 fully saturated rings. The third-order valence-electron chi connectivity index (χ3n) is 6.24. The van der Waals surface area contributed by atoms with Gasteiger partial charge in [0.15, 0.2) is 0 Å². The molecule has 256 valence electrons. The highest BCUT2D eigenvalue weighted by atomic mass is 35.5. The van der Waals surface area contributed by atoms with Gasteiger partial charge in [-0.3, -0.25) is 18.2 Å². The Hall–Kier alpha value is -1.56. The van der Waals surface area contributed by atoms with Gasteiger partial charge in [-0.05, 0) is 50.3 Å². The van der Waals surface area contributed by atoms with Crippen molar-refractivity contribution < 1.29 is 51.9 Å². The predicted octanol–water partition coefficient (Wildman–Crippen LogP) is 2.10. The Bertz CT molecular complexity index is 1590. The largest absolute Gasteiger partial charge is 0.340 e. The van der Waals surface area contributed by atoms with Gasteiger partial charge < -0.3 is 14.7 Å². The van der Waals surface area contributed by atoms with Crippen LogP contribution in [0.2, 0.25) is 5.02 Å². The zero-order valence-electron chi connectivity index (χ0n) is 24.1. The number of anilines is 2. The van der Waals surface area contributed by atoms with Crippen LogP contribution in [0.4, 0.5) is 11.4 Å². The van der Waals surface area contributed by atoms with Crippen LogP contribution in [-0.2, 0) is 40.5 Å². The summed E-state index contributed by atoms with van der Waals surface area (Å²) in [5.41, 5.74) is 2.55. The first-order valence-corrected chi connectivity index (χ1v) is 20.8. The number of benzene rings is 2. The molecule has 45 heavy (non-hydrogen) atoms. The molecule has 2 aliphatic heterocycles. The van der Waals surface area contributed by atoms with Gasteiger partial charge >= 0.3 is 0 Å². The van der Waals surface area contributed by atoms with Crippen molar-refractivity contribution in [1.82, 2.24) is 9.80 Å². The van der Waals surface area contributed by atoms with Crippen LogP contribution in [-0.4, -0.2) is 131 Å². The maximum atomic E-state index is 9.86. The Labute approximate surface area is 273 Å². The third-order valence-corrected chi connectivity index (χ3v) is 11.0. The van der Waals surface area contributed by atoms with Gasteiger partial charge in [0.05, 0.1) is 34.4 Å². The molecule has 4 N–H and O–H groups in total. The molecule has 21 heteroatoms. The van der Waals surface area contributed by atoms with Crippen molar-refractivity contribution in [3.63, 3.8) is 0 Å². The van der Waals surface area contributed by atoms with Gasteiger partial charge in [0.2, 0.25) is 0 Å². The molecule has 4 rings (SSSR count). The Morgan fingerprint density at radius 1 is 0.667 bits per heavy atom. The molecule has 0 aliphatic carbocycles. The van der Waals surface area contributed by atoms with Crippen molar-refractivity contribution in [2.75, 3.05) is 74.2 Å². The number of piperazine rings is 1. The minimum absolute atomic E-state index is 0.808. The maximum absolute atomic E-state index is 9.86. The highest BCUT2D eigenvalue weighted by molar-refractivity contribution is 7.99. The Morgan fingerprint density at radius 3 is 1.62 bits per heavy atom. The number of rotatable bonds is 10. The second-order valence-electron chi connectivity index (χ2n) is 9.98. The lowest BCUT2D eigenvalue weighted by molar-refractivity contribution is 0.153. The fourth-order valence-electron chi connectivity index (χ4n) is 3.99. The van der Waals surface area contributed by atoms with E-state index in [1.807, 2.05) is 17.8 Å². The topological polar surface area (TPSA) is 227 Å². The van der Waals surface area contributed by atoms with Crippen LogP contribution in [0, 0.1) is 0 Å². The summed E-state index contributed by atoms with van der Waals surface area (Å²) in [6.45, 7) is 6.92. The van der Waals surface area contributed by atoms with E-state index in [0.717, 1.165) is 24.5 Å². The van der Waals surface area contributed by atoms with Crippen molar-refractivity contribution in [3.8, 4) is 0 Å². The molecule has 0 saturated carbocycles. The first-order valence-electron chi connectivity index (χ1n) is 13.2. The molecule has 2 heterocycles. The van der Waals surface area contributed by atoms with Crippen LogP contribution in [0.15, 0.2) is 52.3 Å². The van der Waals surface area contributed by atoms with Gasteiger partial charge in [0, 0.05) is 47.5 Å². The molecule has 1 saturated heterocycles. The first-order chi connectivity index (χ1) is 20.6. The number of fused-ring (bicyclic) bond motifs is 2. The van der Waals surface area contributed by atoms with Gasteiger partial charge in [-0.2, -0.15) is 33.7 Å². The summed E-state index contributed by atoms with van der Waals surface area (Å²) in [7, 11) is -15.0. The van der Waals surface area contributed by atoms with Crippen molar-refractivity contribution in [2.24, 2.45) is 0 Å². The molecule has 0 spiro atoms. The van der Waals surface area contributed by atoms with Crippen LogP contribution in [0.1, 0.15) is 6.42 Å². The van der Waals surface area contributed by atoms with Crippen LogP contribution >= 0.6 is 23.4 Å². The Kier molecular flexibility index (Phi) is 15.0. The van der Waals surface area contributed by atoms with Crippen molar-refractivity contribution in [3.05, 3.63) is 47.5 Å². The lowest BCUT2D eigenvalue weighted by Crippen LogP contribution is -2.45. The van der Waals surface area contributed by atoms with E-state index in [1.54, 1.807) is 0 Å². The van der Waals surface area contributed by atoms with Crippen molar-refractivity contribution in [1.29, 1.82) is 0 Å². The summed E-state index contributed by atoms with van der Waals surface area (Å²) in [5.74, 6) is -3.92. The zero-order chi connectivity index (χ0) is 34.1. The minimum atomic E-state index is -4.30. The van der Waals surface area contributed by atoms with Gasteiger partial charge in [-0.1, -0.05) is 35.5 Å². The number of para-hydroxylation sites is 1. The highest BCUT2D eigenvalue weighted by Crippen LogP contribution is 2.48. The number of halogens is 1. The summed E-state index contributed by atoms with van der Waals surface area (Å²) >= 11 is 8.13. The first kappa shape index (κ1) is 39.6. The van der Waals surface area contributed by atoms with E-state index in [0.29, 0.717) is 0 Å². The lowest BCUT2D eigenvalue weighted by atomic mass is 10.2. The Balaban J connectivity index is 0.000000294. The van der Waals surface area contributed by atoms with Gasteiger partial charge in [-0.15, -0.1) is 0 Å². The molecule has 0 unspecified atom stereocenters. The summed E-state index contributed by atoms with van der Waals surface area (Å²) in [6, 6.07) is 14.9. The smallest absolute Gasteiger partial charge is 0.265 e. The van der Waals surface area contributed by atoms with Gasteiger partial charge in [-0.25, -0.2) is 0 Å². The van der Waals surface area contributed by atoms with E-state index in [2.05, 4.69) is 58.1 Å². The number of likely N-dealkylation sites (N-methyl/N-ethyl adjacent to an activating group) is 1. The predicted molar refractivity (Wildman–Crippen MR) is 173 cm³/mol. The van der Waals surface area contributed by atoms with E-state index >= 15 is 0 Å². The summed E-state index contributed by atoms with van der Waals surface area (Å²) in [4.78, 5) is 10.1. The normalized spacial score (nSPS) is 16.0. The quantitative estimate of drug-likeness (QED) is 0.255. The zero-order valence-corrected chi connectivity index (χ0v) is 29.0. The average molecular weight is 754 g/mol. The molecule has 0 amide bonds. The summed E-state index contributed by atoms with van der Waals surface area (Å²) in [5, 5.41) is 0.808. The van der Waals surface area contributed by atoms with Crippen molar-refractivity contribution in [2.45, 2.75) is 16.2 Å². The molecule has 2 aliphatic rings. The summed E-state index contributed by atoms with van der Waals surface area (Å²) < 4.78 is 111. The number of hydrogen-bond donors (Lipinski definition) is 4. The van der Waals surface area contributed by atoms with E-state index < -0.39 is 63.5 Å².